The molecule has 94 valence electrons. The van der Waals surface area contributed by atoms with Gasteiger partial charge < -0.3 is 5.32 Å². The van der Waals surface area contributed by atoms with Gasteiger partial charge in [-0.15, -0.1) is 0 Å². The Morgan fingerprint density at radius 1 is 0.895 bits per heavy atom. The summed E-state index contributed by atoms with van der Waals surface area (Å²) in [6.45, 7) is 0.808. The van der Waals surface area contributed by atoms with E-state index in [-0.39, 0.29) is 0 Å². The number of benzene rings is 1. The summed E-state index contributed by atoms with van der Waals surface area (Å²) in [5.41, 5.74) is 3.54. The normalized spacial score (nSPS) is 10.3. The van der Waals surface area contributed by atoms with Crippen LogP contribution in [0.1, 0.15) is 5.56 Å². The van der Waals surface area contributed by atoms with Crippen LogP contribution in [0.25, 0.3) is 10.4 Å². The standard InChI is InChI=1S/C15H13N3S/c1-3-14(17-11-12-5-8-16-9-6-12)4-2-13(1)15-7-10-18-19-15/h1-10,17H,11H2. The molecule has 1 N–H and O–H groups in total. The Labute approximate surface area is 116 Å². The molecule has 0 atom stereocenters. The van der Waals surface area contributed by atoms with E-state index in [2.05, 4.69) is 38.9 Å². The van der Waals surface area contributed by atoms with Crippen LogP contribution in [0.2, 0.25) is 0 Å². The average molecular weight is 267 g/mol. The summed E-state index contributed by atoms with van der Waals surface area (Å²) in [6.07, 6.45) is 5.45. The van der Waals surface area contributed by atoms with Crippen LogP contribution in [0.4, 0.5) is 5.69 Å². The van der Waals surface area contributed by atoms with E-state index in [0.29, 0.717) is 0 Å². The van der Waals surface area contributed by atoms with E-state index in [1.807, 2.05) is 36.8 Å². The summed E-state index contributed by atoms with van der Waals surface area (Å²) in [7, 11) is 0. The second-order valence-corrected chi connectivity index (χ2v) is 5.00. The minimum Gasteiger partial charge on any atom is -0.381 e. The number of pyridine rings is 1. The fraction of sp³-hybridized carbons (Fsp3) is 0.0667. The first kappa shape index (κ1) is 11.9. The molecule has 0 aliphatic heterocycles. The van der Waals surface area contributed by atoms with Crippen molar-refractivity contribution in [3.05, 3.63) is 66.6 Å². The first-order valence-corrected chi connectivity index (χ1v) is 6.83. The molecule has 1 aromatic carbocycles. The van der Waals surface area contributed by atoms with Gasteiger partial charge in [-0.2, -0.15) is 0 Å². The smallest absolute Gasteiger partial charge is 0.0549 e. The van der Waals surface area contributed by atoms with Gasteiger partial charge in [0.05, 0.1) is 4.88 Å². The summed E-state index contributed by atoms with van der Waals surface area (Å²) >= 11 is 1.51. The number of rotatable bonds is 4. The van der Waals surface area contributed by atoms with Gasteiger partial charge in [0, 0.05) is 30.8 Å². The zero-order chi connectivity index (χ0) is 12.9. The number of nitrogens with one attached hydrogen (secondary N) is 1. The zero-order valence-corrected chi connectivity index (χ0v) is 11.1. The van der Waals surface area contributed by atoms with Gasteiger partial charge in [0.2, 0.25) is 0 Å². The van der Waals surface area contributed by atoms with Gasteiger partial charge >= 0.3 is 0 Å². The van der Waals surface area contributed by atoms with Crippen LogP contribution in [0.3, 0.4) is 0 Å². The Balaban J connectivity index is 1.67. The molecule has 0 saturated heterocycles. The summed E-state index contributed by atoms with van der Waals surface area (Å²) < 4.78 is 4.12. The SMILES string of the molecule is c1cc(CNc2ccc(-c3ccns3)cc2)ccn1. The predicted octanol–water partition coefficient (Wildman–Crippen LogP) is 3.82. The lowest BCUT2D eigenvalue weighted by Crippen LogP contribution is -1.98. The molecule has 4 heteroatoms. The highest BCUT2D eigenvalue weighted by Gasteiger charge is 1.99. The first-order chi connectivity index (χ1) is 9.42. The molecular formula is C15H13N3S. The molecule has 3 aromatic rings. The maximum atomic E-state index is 4.12. The first-order valence-electron chi connectivity index (χ1n) is 6.06. The number of nitrogens with zero attached hydrogens (tertiary/aromatic N) is 2. The zero-order valence-electron chi connectivity index (χ0n) is 10.3. The summed E-state index contributed by atoms with van der Waals surface area (Å²) in [4.78, 5) is 5.20. The maximum Gasteiger partial charge on any atom is 0.0549 e. The van der Waals surface area contributed by atoms with Crippen LogP contribution < -0.4 is 5.32 Å². The van der Waals surface area contributed by atoms with E-state index in [4.69, 9.17) is 0 Å². The lowest BCUT2D eigenvalue weighted by Gasteiger charge is -2.06. The molecule has 0 spiro atoms. The predicted molar refractivity (Wildman–Crippen MR) is 79.1 cm³/mol. The van der Waals surface area contributed by atoms with Crippen molar-refractivity contribution in [2.45, 2.75) is 6.54 Å². The third-order valence-corrected chi connectivity index (χ3v) is 3.65. The van der Waals surface area contributed by atoms with Crippen molar-refractivity contribution in [1.82, 2.24) is 9.36 Å². The van der Waals surface area contributed by atoms with Crippen molar-refractivity contribution >= 4 is 17.2 Å². The number of hydrogen-bond donors (Lipinski definition) is 1. The Hall–Kier alpha value is -2.20. The van der Waals surface area contributed by atoms with E-state index in [9.17, 15) is 0 Å². The minimum absolute atomic E-state index is 0.808. The van der Waals surface area contributed by atoms with Crippen molar-refractivity contribution in [2.24, 2.45) is 0 Å². The van der Waals surface area contributed by atoms with Crippen LogP contribution in [-0.4, -0.2) is 9.36 Å². The lowest BCUT2D eigenvalue weighted by molar-refractivity contribution is 1.13. The number of hydrogen-bond acceptors (Lipinski definition) is 4. The summed E-state index contributed by atoms with van der Waals surface area (Å²) in [5.74, 6) is 0. The van der Waals surface area contributed by atoms with E-state index in [1.165, 1.54) is 27.5 Å². The molecule has 0 fully saturated rings. The topological polar surface area (TPSA) is 37.8 Å². The van der Waals surface area contributed by atoms with E-state index in [0.717, 1.165) is 12.2 Å². The molecule has 0 aliphatic rings. The van der Waals surface area contributed by atoms with Gasteiger partial charge in [-0.25, -0.2) is 4.37 Å². The molecule has 0 saturated carbocycles. The van der Waals surface area contributed by atoms with Crippen LogP contribution in [0.5, 0.6) is 0 Å². The lowest BCUT2D eigenvalue weighted by atomic mass is 10.1. The second-order valence-electron chi connectivity index (χ2n) is 4.16. The molecular weight excluding hydrogens is 254 g/mol. The van der Waals surface area contributed by atoms with Crippen molar-refractivity contribution in [1.29, 1.82) is 0 Å². The molecule has 0 amide bonds. The monoisotopic (exact) mass is 267 g/mol. The van der Waals surface area contributed by atoms with Crippen LogP contribution in [-0.2, 0) is 6.54 Å². The van der Waals surface area contributed by atoms with Gasteiger partial charge in [-0.1, -0.05) is 12.1 Å². The van der Waals surface area contributed by atoms with Gasteiger partial charge in [-0.05, 0) is 53.0 Å². The highest BCUT2D eigenvalue weighted by molar-refractivity contribution is 7.09. The highest BCUT2D eigenvalue weighted by Crippen LogP contribution is 2.24. The van der Waals surface area contributed by atoms with E-state index < -0.39 is 0 Å². The molecule has 2 aromatic heterocycles. The molecule has 0 aliphatic carbocycles. The fourth-order valence-corrected chi connectivity index (χ4v) is 2.42. The van der Waals surface area contributed by atoms with Crippen molar-refractivity contribution in [3.8, 4) is 10.4 Å². The van der Waals surface area contributed by atoms with Crippen LogP contribution >= 0.6 is 11.5 Å². The summed E-state index contributed by atoms with van der Waals surface area (Å²) in [5, 5.41) is 3.39. The third kappa shape index (κ3) is 2.98. The van der Waals surface area contributed by atoms with Crippen molar-refractivity contribution in [2.75, 3.05) is 5.32 Å². The molecule has 3 nitrogen and oxygen atoms in total. The van der Waals surface area contributed by atoms with Crippen molar-refractivity contribution in [3.63, 3.8) is 0 Å². The van der Waals surface area contributed by atoms with Gasteiger partial charge in [0.15, 0.2) is 0 Å². The Morgan fingerprint density at radius 2 is 1.68 bits per heavy atom. The molecule has 0 radical (unpaired) electrons. The average Bonchev–Trinajstić information content (AvgIpc) is 3.01. The summed E-state index contributed by atoms with van der Waals surface area (Å²) in [6, 6.07) is 14.5. The Bertz CT molecular complexity index is 618. The molecule has 19 heavy (non-hydrogen) atoms. The van der Waals surface area contributed by atoms with E-state index >= 15 is 0 Å². The molecule has 0 bridgehead atoms. The fourth-order valence-electron chi connectivity index (χ4n) is 1.82. The third-order valence-electron chi connectivity index (χ3n) is 2.85. The Morgan fingerprint density at radius 3 is 2.37 bits per heavy atom. The van der Waals surface area contributed by atoms with Crippen LogP contribution in [0.15, 0.2) is 61.1 Å². The second kappa shape index (κ2) is 5.63. The highest BCUT2D eigenvalue weighted by atomic mass is 32.1. The molecule has 0 unspecified atom stereocenters. The Kier molecular flexibility index (Phi) is 3.51. The quantitative estimate of drug-likeness (QED) is 0.781. The largest absolute Gasteiger partial charge is 0.381 e. The maximum absolute atomic E-state index is 4.12. The van der Waals surface area contributed by atoms with E-state index in [1.54, 1.807) is 0 Å². The molecule has 2 heterocycles. The van der Waals surface area contributed by atoms with Gasteiger partial charge in [0.25, 0.3) is 0 Å². The van der Waals surface area contributed by atoms with Crippen LogP contribution in [0, 0.1) is 0 Å². The van der Waals surface area contributed by atoms with Gasteiger partial charge in [-0.3, -0.25) is 4.98 Å². The number of aromatic nitrogens is 2. The number of anilines is 1. The molecule has 3 rings (SSSR count). The van der Waals surface area contributed by atoms with Crippen molar-refractivity contribution < 1.29 is 0 Å². The van der Waals surface area contributed by atoms with Gasteiger partial charge in [0.1, 0.15) is 0 Å². The minimum atomic E-state index is 0.808.